The smallest absolute Gasteiger partial charge is 0.131 e. The van der Waals surface area contributed by atoms with Crippen LogP contribution in [0.15, 0.2) is 61.7 Å². The Morgan fingerprint density at radius 1 is 1.14 bits per heavy atom. The van der Waals surface area contributed by atoms with Crippen LogP contribution >= 0.6 is 0 Å². The van der Waals surface area contributed by atoms with Gasteiger partial charge in [-0.3, -0.25) is 0 Å². The third-order valence-electron chi connectivity index (χ3n) is 5.26. The number of ether oxygens (including phenoxy) is 2. The van der Waals surface area contributed by atoms with E-state index in [9.17, 15) is 0 Å². The van der Waals surface area contributed by atoms with Crippen molar-refractivity contribution >= 4 is 11.3 Å². The summed E-state index contributed by atoms with van der Waals surface area (Å²) in [6.45, 7) is 14.7. The molecule has 0 bridgehead atoms. The maximum Gasteiger partial charge on any atom is 0.131 e. The summed E-state index contributed by atoms with van der Waals surface area (Å²) < 4.78 is 12.4. The summed E-state index contributed by atoms with van der Waals surface area (Å²) in [4.78, 5) is 0. The molecule has 2 aliphatic rings. The average molecular weight is 373 g/mol. The number of anilines is 1. The van der Waals surface area contributed by atoms with Gasteiger partial charge in [0, 0.05) is 23.2 Å². The van der Waals surface area contributed by atoms with Crippen molar-refractivity contribution in [3.63, 3.8) is 0 Å². The molecule has 3 heteroatoms. The standard InChI is InChI=1S/C25H27NO2/c1-6-9-20-24-17(12-13-18-22(24)16(3)15-25(4,5)26-18)23-19(27-14-7-2)10-8-11-21(23)28-20/h6-8,10-13,15,20,26H,1-2,9,14H2,3-5H3. The molecule has 144 valence electrons. The number of fused-ring (bicyclic) bond motifs is 5. The van der Waals surface area contributed by atoms with E-state index >= 15 is 0 Å². The van der Waals surface area contributed by atoms with Gasteiger partial charge in [-0.15, -0.1) is 6.58 Å². The van der Waals surface area contributed by atoms with Crippen LogP contribution < -0.4 is 14.8 Å². The Morgan fingerprint density at radius 3 is 2.71 bits per heavy atom. The molecule has 0 radical (unpaired) electrons. The van der Waals surface area contributed by atoms with Crippen LogP contribution in [0, 0.1) is 0 Å². The van der Waals surface area contributed by atoms with Gasteiger partial charge >= 0.3 is 0 Å². The summed E-state index contributed by atoms with van der Waals surface area (Å²) in [7, 11) is 0. The summed E-state index contributed by atoms with van der Waals surface area (Å²) in [5, 5.41) is 3.65. The van der Waals surface area contributed by atoms with Gasteiger partial charge in [0.05, 0.1) is 11.1 Å². The second-order valence-corrected chi connectivity index (χ2v) is 7.98. The van der Waals surface area contributed by atoms with Gasteiger partial charge in [0.2, 0.25) is 0 Å². The highest BCUT2D eigenvalue weighted by atomic mass is 16.5. The summed E-state index contributed by atoms with van der Waals surface area (Å²) >= 11 is 0. The molecule has 4 rings (SSSR count). The molecule has 1 unspecified atom stereocenters. The van der Waals surface area contributed by atoms with Crippen molar-refractivity contribution < 1.29 is 9.47 Å². The molecule has 0 fully saturated rings. The van der Waals surface area contributed by atoms with E-state index in [-0.39, 0.29) is 11.6 Å². The summed E-state index contributed by atoms with van der Waals surface area (Å²) in [5.74, 6) is 1.67. The molecule has 2 aromatic rings. The van der Waals surface area contributed by atoms with Gasteiger partial charge in [0.15, 0.2) is 0 Å². The van der Waals surface area contributed by atoms with Crippen LogP contribution in [0.3, 0.4) is 0 Å². The lowest BCUT2D eigenvalue weighted by molar-refractivity contribution is 0.204. The largest absolute Gasteiger partial charge is 0.489 e. The van der Waals surface area contributed by atoms with Gasteiger partial charge in [0.25, 0.3) is 0 Å². The van der Waals surface area contributed by atoms with Crippen LogP contribution in [0.1, 0.15) is 44.4 Å². The van der Waals surface area contributed by atoms with E-state index in [0.29, 0.717) is 6.61 Å². The number of nitrogens with one attached hydrogen (secondary N) is 1. The van der Waals surface area contributed by atoms with Crippen LogP contribution in [0.5, 0.6) is 11.5 Å². The first-order valence-corrected chi connectivity index (χ1v) is 9.74. The van der Waals surface area contributed by atoms with Crippen LogP contribution in [0.4, 0.5) is 5.69 Å². The van der Waals surface area contributed by atoms with E-state index in [1.165, 1.54) is 22.3 Å². The van der Waals surface area contributed by atoms with Crippen molar-refractivity contribution in [3.8, 4) is 22.6 Å². The lowest BCUT2D eigenvalue weighted by atomic mass is 9.81. The van der Waals surface area contributed by atoms with Crippen molar-refractivity contribution in [2.24, 2.45) is 0 Å². The third kappa shape index (κ3) is 3.01. The Labute approximate surface area is 167 Å². The normalized spacial score (nSPS) is 18.4. The van der Waals surface area contributed by atoms with Gasteiger partial charge in [0.1, 0.15) is 24.2 Å². The fourth-order valence-electron chi connectivity index (χ4n) is 4.37. The van der Waals surface area contributed by atoms with Crippen LogP contribution in [-0.4, -0.2) is 12.1 Å². The zero-order valence-electron chi connectivity index (χ0n) is 16.8. The Hall–Kier alpha value is -2.94. The average Bonchev–Trinajstić information content (AvgIpc) is 2.64. The maximum absolute atomic E-state index is 6.45. The lowest BCUT2D eigenvalue weighted by Crippen LogP contribution is -2.32. The van der Waals surface area contributed by atoms with E-state index in [2.05, 4.69) is 57.5 Å². The monoisotopic (exact) mass is 373 g/mol. The zero-order chi connectivity index (χ0) is 19.9. The minimum atomic E-state index is -0.0785. The van der Waals surface area contributed by atoms with E-state index in [1.54, 1.807) is 6.08 Å². The Morgan fingerprint density at radius 2 is 1.96 bits per heavy atom. The number of benzene rings is 2. The van der Waals surface area contributed by atoms with Crippen LogP contribution in [-0.2, 0) is 0 Å². The molecule has 1 N–H and O–H groups in total. The molecule has 28 heavy (non-hydrogen) atoms. The molecule has 2 heterocycles. The second kappa shape index (κ2) is 6.90. The highest BCUT2D eigenvalue weighted by molar-refractivity contribution is 5.91. The van der Waals surface area contributed by atoms with Gasteiger partial charge in [-0.05, 0) is 50.1 Å². The molecular formula is C25H27NO2. The topological polar surface area (TPSA) is 30.5 Å². The number of allylic oxidation sites excluding steroid dienone is 1. The molecule has 0 spiro atoms. The molecule has 1 atom stereocenters. The molecule has 2 aliphatic heterocycles. The fourth-order valence-corrected chi connectivity index (χ4v) is 4.37. The number of rotatable bonds is 5. The highest BCUT2D eigenvalue weighted by Gasteiger charge is 2.34. The van der Waals surface area contributed by atoms with Crippen LogP contribution in [0.25, 0.3) is 16.7 Å². The molecule has 0 aliphatic carbocycles. The third-order valence-corrected chi connectivity index (χ3v) is 5.26. The summed E-state index contributed by atoms with van der Waals surface area (Å²) in [6.07, 6.45) is 6.65. The summed E-state index contributed by atoms with van der Waals surface area (Å²) in [6, 6.07) is 10.3. The molecule has 0 saturated heterocycles. The molecular weight excluding hydrogens is 346 g/mol. The highest BCUT2D eigenvalue weighted by Crippen LogP contribution is 2.52. The lowest BCUT2D eigenvalue weighted by Gasteiger charge is -2.37. The van der Waals surface area contributed by atoms with Crippen molar-refractivity contribution in [1.82, 2.24) is 0 Å². The van der Waals surface area contributed by atoms with Gasteiger partial charge in [-0.2, -0.15) is 0 Å². The molecule has 3 nitrogen and oxygen atoms in total. The van der Waals surface area contributed by atoms with Crippen molar-refractivity contribution in [2.45, 2.75) is 38.8 Å². The minimum Gasteiger partial charge on any atom is -0.489 e. The predicted molar refractivity (Wildman–Crippen MR) is 117 cm³/mol. The van der Waals surface area contributed by atoms with Crippen molar-refractivity contribution in [1.29, 1.82) is 0 Å². The van der Waals surface area contributed by atoms with E-state index < -0.39 is 0 Å². The van der Waals surface area contributed by atoms with E-state index in [1.807, 2.05) is 24.3 Å². The van der Waals surface area contributed by atoms with E-state index in [0.717, 1.165) is 29.2 Å². The molecule has 0 amide bonds. The SMILES string of the molecule is C=CCOc1cccc2c1-c1ccc3c(c1C(CC=C)O2)C(C)=CC(C)(C)N3. The first-order valence-electron chi connectivity index (χ1n) is 9.74. The molecule has 0 saturated carbocycles. The first-order chi connectivity index (χ1) is 13.4. The number of hydrogen-bond donors (Lipinski definition) is 1. The van der Waals surface area contributed by atoms with Gasteiger partial charge in [-0.25, -0.2) is 0 Å². The zero-order valence-corrected chi connectivity index (χ0v) is 16.8. The van der Waals surface area contributed by atoms with E-state index in [4.69, 9.17) is 9.47 Å². The minimum absolute atomic E-state index is 0.0732. The Bertz CT molecular complexity index is 984. The Kier molecular flexibility index (Phi) is 4.54. The van der Waals surface area contributed by atoms with Gasteiger partial charge < -0.3 is 14.8 Å². The number of hydrogen-bond acceptors (Lipinski definition) is 3. The Balaban J connectivity index is 1.97. The molecule has 2 aromatic carbocycles. The van der Waals surface area contributed by atoms with Gasteiger partial charge in [-0.1, -0.05) is 36.9 Å². The predicted octanol–water partition coefficient (Wildman–Crippen LogP) is 6.54. The molecule has 0 aromatic heterocycles. The van der Waals surface area contributed by atoms with Crippen molar-refractivity contribution in [3.05, 3.63) is 72.8 Å². The van der Waals surface area contributed by atoms with Crippen molar-refractivity contribution in [2.75, 3.05) is 11.9 Å². The fraction of sp³-hybridized carbons (Fsp3) is 0.280. The summed E-state index contributed by atoms with van der Waals surface area (Å²) in [5.41, 5.74) is 6.95. The maximum atomic E-state index is 6.45. The second-order valence-electron chi connectivity index (χ2n) is 7.98. The first kappa shape index (κ1) is 18.4. The van der Waals surface area contributed by atoms with Crippen LogP contribution in [0.2, 0.25) is 0 Å². The quantitative estimate of drug-likeness (QED) is 0.604.